The number of carbonyl (C=O) groups is 1. The highest BCUT2D eigenvalue weighted by Crippen LogP contribution is 2.27. The van der Waals surface area contributed by atoms with Gasteiger partial charge in [0.2, 0.25) is 0 Å². The molecule has 1 aromatic rings. The summed E-state index contributed by atoms with van der Waals surface area (Å²) in [6, 6.07) is 0. The van der Waals surface area contributed by atoms with E-state index in [4.69, 9.17) is 5.73 Å². The summed E-state index contributed by atoms with van der Waals surface area (Å²) in [5, 5.41) is 0. The van der Waals surface area contributed by atoms with Crippen molar-refractivity contribution < 1.29 is 4.79 Å². The first-order valence-electron chi connectivity index (χ1n) is 4.07. The number of halogens is 1. The molecule has 5 heteroatoms. The first-order valence-corrected chi connectivity index (χ1v) is 4.86. The van der Waals surface area contributed by atoms with Crippen LogP contribution in [-0.2, 0) is 0 Å². The maximum absolute atomic E-state index is 11.0. The number of nitrogens with zero attached hydrogens (tertiary/aromatic N) is 2. The minimum Gasteiger partial charge on any atom is -0.366 e. The van der Waals surface area contributed by atoms with Gasteiger partial charge >= 0.3 is 0 Å². The summed E-state index contributed by atoms with van der Waals surface area (Å²) in [6.07, 6.45) is 1.50. The molecule has 0 aliphatic heterocycles. The Morgan fingerprint density at radius 1 is 1.57 bits per heavy atom. The summed E-state index contributed by atoms with van der Waals surface area (Å²) in [5.74, 6) is 0.327. The minimum atomic E-state index is -0.457. The molecule has 0 aliphatic carbocycles. The topological polar surface area (TPSA) is 59.2 Å². The summed E-state index contributed by atoms with van der Waals surface area (Å²) >= 11 is 3.39. The molecule has 1 aromatic heterocycles. The predicted octanol–water partition coefficient (Wildman–Crippen LogP) is 1.32. The SMILES string of the molecule is Cc1c(C(N)=O)cnc(N(C)C)c1Br. The minimum absolute atomic E-state index is 0.447. The Kier molecular flexibility index (Phi) is 3.10. The molecule has 14 heavy (non-hydrogen) atoms. The molecule has 0 unspecified atom stereocenters. The Hall–Kier alpha value is -1.10. The van der Waals surface area contributed by atoms with Gasteiger partial charge in [0.15, 0.2) is 0 Å². The lowest BCUT2D eigenvalue weighted by atomic mass is 10.1. The molecule has 0 atom stereocenters. The van der Waals surface area contributed by atoms with Crippen LogP contribution < -0.4 is 10.6 Å². The Morgan fingerprint density at radius 2 is 2.14 bits per heavy atom. The second kappa shape index (κ2) is 3.96. The lowest BCUT2D eigenvalue weighted by molar-refractivity contribution is 0.0999. The Bertz CT molecular complexity index is 377. The Labute approximate surface area is 91.2 Å². The van der Waals surface area contributed by atoms with E-state index in [1.165, 1.54) is 6.20 Å². The van der Waals surface area contributed by atoms with Crippen molar-refractivity contribution >= 4 is 27.7 Å². The average Bonchev–Trinajstić information content (AvgIpc) is 2.08. The van der Waals surface area contributed by atoms with Gasteiger partial charge in [0.1, 0.15) is 5.82 Å². The maximum Gasteiger partial charge on any atom is 0.250 e. The summed E-state index contributed by atoms with van der Waals surface area (Å²) in [4.78, 5) is 17.0. The third-order valence-electron chi connectivity index (χ3n) is 1.93. The van der Waals surface area contributed by atoms with Gasteiger partial charge in [-0.05, 0) is 28.4 Å². The van der Waals surface area contributed by atoms with E-state index < -0.39 is 5.91 Å². The van der Waals surface area contributed by atoms with E-state index in [9.17, 15) is 4.79 Å². The molecule has 0 fully saturated rings. The van der Waals surface area contributed by atoms with E-state index in [1.807, 2.05) is 25.9 Å². The maximum atomic E-state index is 11.0. The van der Waals surface area contributed by atoms with Crippen molar-refractivity contribution in [1.29, 1.82) is 0 Å². The molecule has 2 N–H and O–H groups in total. The number of hydrogen-bond acceptors (Lipinski definition) is 3. The Balaban J connectivity index is 3.33. The second-order valence-electron chi connectivity index (χ2n) is 3.19. The lowest BCUT2D eigenvalue weighted by Crippen LogP contribution is -2.17. The fourth-order valence-electron chi connectivity index (χ4n) is 1.13. The highest BCUT2D eigenvalue weighted by atomic mass is 79.9. The zero-order chi connectivity index (χ0) is 10.9. The first kappa shape index (κ1) is 11.0. The molecule has 0 bridgehead atoms. The second-order valence-corrected chi connectivity index (χ2v) is 3.99. The van der Waals surface area contributed by atoms with E-state index in [2.05, 4.69) is 20.9 Å². The van der Waals surface area contributed by atoms with Crippen molar-refractivity contribution in [1.82, 2.24) is 4.98 Å². The number of hydrogen-bond donors (Lipinski definition) is 1. The summed E-state index contributed by atoms with van der Waals surface area (Å²) < 4.78 is 0.804. The summed E-state index contributed by atoms with van der Waals surface area (Å²) in [5.41, 5.74) is 6.46. The molecule has 0 aliphatic rings. The molecule has 0 radical (unpaired) electrons. The molecule has 1 heterocycles. The smallest absolute Gasteiger partial charge is 0.250 e. The molecule has 0 aromatic carbocycles. The molecule has 0 saturated heterocycles. The quantitative estimate of drug-likeness (QED) is 0.870. The van der Waals surface area contributed by atoms with Gasteiger partial charge in [-0.1, -0.05) is 0 Å². The summed E-state index contributed by atoms with van der Waals surface area (Å²) in [6.45, 7) is 1.83. The largest absolute Gasteiger partial charge is 0.366 e. The van der Waals surface area contributed by atoms with Crippen molar-refractivity contribution in [2.75, 3.05) is 19.0 Å². The third-order valence-corrected chi connectivity index (χ3v) is 2.88. The van der Waals surface area contributed by atoms with Crippen LogP contribution >= 0.6 is 15.9 Å². The predicted molar refractivity (Wildman–Crippen MR) is 59.5 cm³/mol. The fraction of sp³-hybridized carbons (Fsp3) is 0.333. The lowest BCUT2D eigenvalue weighted by Gasteiger charge is -2.15. The Morgan fingerprint density at radius 3 is 2.57 bits per heavy atom. The normalized spacial score (nSPS) is 10.0. The van der Waals surface area contributed by atoms with Crippen LogP contribution in [0.1, 0.15) is 15.9 Å². The van der Waals surface area contributed by atoms with Gasteiger partial charge in [-0.15, -0.1) is 0 Å². The number of carbonyl (C=O) groups excluding carboxylic acids is 1. The van der Waals surface area contributed by atoms with Crippen LogP contribution in [0.15, 0.2) is 10.7 Å². The number of primary amides is 1. The van der Waals surface area contributed by atoms with Crippen molar-refractivity contribution in [3.63, 3.8) is 0 Å². The first-order chi connectivity index (χ1) is 6.45. The number of anilines is 1. The van der Waals surface area contributed by atoms with Crippen LogP contribution in [0.5, 0.6) is 0 Å². The monoisotopic (exact) mass is 257 g/mol. The van der Waals surface area contributed by atoms with Crippen LogP contribution in [0.25, 0.3) is 0 Å². The van der Waals surface area contributed by atoms with Crippen LogP contribution in [0.4, 0.5) is 5.82 Å². The van der Waals surface area contributed by atoms with Gasteiger partial charge in [0.25, 0.3) is 5.91 Å². The van der Waals surface area contributed by atoms with Crippen molar-refractivity contribution in [2.24, 2.45) is 5.73 Å². The highest BCUT2D eigenvalue weighted by Gasteiger charge is 2.13. The molecule has 1 rings (SSSR count). The fourth-order valence-corrected chi connectivity index (χ4v) is 1.80. The average molecular weight is 258 g/mol. The van der Waals surface area contributed by atoms with E-state index in [-0.39, 0.29) is 0 Å². The molecule has 4 nitrogen and oxygen atoms in total. The third kappa shape index (κ3) is 1.87. The molecule has 0 spiro atoms. The number of rotatable bonds is 2. The number of nitrogens with two attached hydrogens (primary N) is 1. The van der Waals surface area contributed by atoms with E-state index in [0.29, 0.717) is 5.56 Å². The van der Waals surface area contributed by atoms with Gasteiger partial charge in [-0.25, -0.2) is 4.98 Å². The highest BCUT2D eigenvalue weighted by molar-refractivity contribution is 9.10. The zero-order valence-corrected chi connectivity index (χ0v) is 9.92. The van der Waals surface area contributed by atoms with E-state index in [1.54, 1.807) is 0 Å². The molecular formula is C9H12BrN3O. The van der Waals surface area contributed by atoms with Gasteiger partial charge in [0.05, 0.1) is 10.0 Å². The van der Waals surface area contributed by atoms with Gasteiger partial charge < -0.3 is 10.6 Å². The van der Waals surface area contributed by atoms with Crippen LogP contribution in [0, 0.1) is 6.92 Å². The van der Waals surface area contributed by atoms with Crippen molar-refractivity contribution in [2.45, 2.75) is 6.92 Å². The van der Waals surface area contributed by atoms with Gasteiger partial charge in [-0.3, -0.25) is 4.79 Å². The summed E-state index contributed by atoms with van der Waals surface area (Å²) in [7, 11) is 3.77. The van der Waals surface area contributed by atoms with Gasteiger partial charge in [0, 0.05) is 20.3 Å². The molecule has 1 amide bonds. The number of amides is 1. The van der Waals surface area contributed by atoms with E-state index >= 15 is 0 Å². The molecular weight excluding hydrogens is 246 g/mol. The number of pyridine rings is 1. The molecule has 76 valence electrons. The number of aromatic nitrogens is 1. The van der Waals surface area contributed by atoms with Crippen LogP contribution in [0.3, 0.4) is 0 Å². The van der Waals surface area contributed by atoms with Crippen molar-refractivity contribution in [3.8, 4) is 0 Å². The standard InChI is InChI=1S/C9H12BrN3O/c1-5-6(8(11)14)4-12-9(7(5)10)13(2)3/h4H,1-3H3,(H2,11,14). The van der Waals surface area contributed by atoms with Gasteiger partial charge in [-0.2, -0.15) is 0 Å². The van der Waals surface area contributed by atoms with Crippen LogP contribution in [0.2, 0.25) is 0 Å². The zero-order valence-electron chi connectivity index (χ0n) is 8.34. The van der Waals surface area contributed by atoms with Crippen molar-refractivity contribution in [3.05, 3.63) is 21.8 Å². The molecule has 0 saturated carbocycles. The van der Waals surface area contributed by atoms with E-state index in [0.717, 1.165) is 15.9 Å². The van der Waals surface area contributed by atoms with Crippen LogP contribution in [-0.4, -0.2) is 25.0 Å².